The first-order valence-corrected chi connectivity index (χ1v) is 6.54. The third kappa shape index (κ3) is 4.32. The lowest BCUT2D eigenvalue weighted by atomic mass is 10.1. The van der Waals surface area contributed by atoms with Gasteiger partial charge >= 0.3 is 6.61 Å². The summed E-state index contributed by atoms with van der Waals surface area (Å²) in [4.78, 5) is 11.2. The van der Waals surface area contributed by atoms with E-state index in [1.54, 1.807) is 12.1 Å². The third-order valence-electron chi connectivity index (χ3n) is 1.78. The van der Waals surface area contributed by atoms with Gasteiger partial charge in [-0.1, -0.05) is 15.9 Å². The Morgan fingerprint density at radius 1 is 1.50 bits per heavy atom. The van der Waals surface area contributed by atoms with Gasteiger partial charge in [0.15, 0.2) is 0 Å². The minimum absolute atomic E-state index is 0.0599. The summed E-state index contributed by atoms with van der Waals surface area (Å²) in [6.07, 6.45) is 0.0874. The molecule has 0 radical (unpaired) electrons. The van der Waals surface area contributed by atoms with Crippen molar-refractivity contribution in [2.45, 2.75) is 13.0 Å². The Kier molecular flexibility index (Phi) is 5.60. The van der Waals surface area contributed by atoms with Crippen LogP contribution in [0.5, 0.6) is 5.75 Å². The Balaban J connectivity index is 2.93. The van der Waals surface area contributed by atoms with E-state index < -0.39 is 6.61 Å². The second-order valence-corrected chi connectivity index (χ2v) is 4.79. The van der Waals surface area contributed by atoms with Gasteiger partial charge in [0.25, 0.3) is 0 Å². The molecule has 6 heteroatoms. The molecule has 88 valence electrons. The van der Waals surface area contributed by atoms with E-state index in [1.807, 2.05) is 22.6 Å². The summed E-state index contributed by atoms with van der Waals surface area (Å²) in [6.45, 7) is -2.88. The maximum Gasteiger partial charge on any atom is 0.387 e. The molecule has 1 aromatic rings. The maximum absolute atomic E-state index is 12.1. The van der Waals surface area contributed by atoms with Gasteiger partial charge in [0, 0.05) is 15.6 Å². The molecule has 0 spiro atoms. The van der Waals surface area contributed by atoms with Crippen molar-refractivity contribution in [3.8, 4) is 5.75 Å². The number of hydrogen-bond donors (Lipinski definition) is 0. The van der Waals surface area contributed by atoms with Crippen LogP contribution in [0.15, 0.2) is 18.2 Å². The van der Waals surface area contributed by atoms with Crippen LogP contribution in [-0.4, -0.2) is 17.7 Å². The van der Waals surface area contributed by atoms with Crippen LogP contribution >= 0.6 is 38.5 Å². The molecule has 0 atom stereocenters. The van der Waals surface area contributed by atoms with Crippen molar-refractivity contribution in [3.05, 3.63) is 27.3 Å². The van der Waals surface area contributed by atoms with Crippen LogP contribution in [-0.2, 0) is 11.2 Å². The normalized spacial score (nSPS) is 10.6. The predicted molar refractivity (Wildman–Crippen MR) is 68.3 cm³/mol. The number of ether oxygens (including phenoxy) is 1. The molecule has 1 aromatic carbocycles. The van der Waals surface area contributed by atoms with Crippen LogP contribution in [0, 0.1) is 3.57 Å². The zero-order valence-corrected chi connectivity index (χ0v) is 11.8. The molecule has 0 aliphatic heterocycles. The lowest BCUT2D eigenvalue weighted by molar-refractivity contribution is -0.116. The van der Waals surface area contributed by atoms with E-state index >= 15 is 0 Å². The SMILES string of the molecule is O=C(CBr)Cc1cc(I)ccc1OC(F)F. The van der Waals surface area contributed by atoms with Gasteiger partial charge in [-0.25, -0.2) is 0 Å². The van der Waals surface area contributed by atoms with E-state index in [-0.39, 0.29) is 23.3 Å². The number of rotatable bonds is 5. The zero-order chi connectivity index (χ0) is 12.1. The number of Topliss-reactive ketones (excluding diaryl/α,β-unsaturated/α-hetero) is 1. The van der Waals surface area contributed by atoms with E-state index in [9.17, 15) is 13.6 Å². The highest BCUT2D eigenvalue weighted by Crippen LogP contribution is 2.23. The first-order valence-electron chi connectivity index (χ1n) is 4.34. The van der Waals surface area contributed by atoms with E-state index in [1.165, 1.54) is 6.07 Å². The van der Waals surface area contributed by atoms with Crippen molar-refractivity contribution >= 4 is 44.3 Å². The molecule has 0 bridgehead atoms. The molecule has 0 saturated heterocycles. The highest BCUT2D eigenvalue weighted by Gasteiger charge is 2.12. The first kappa shape index (κ1) is 13.8. The van der Waals surface area contributed by atoms with E-state index in [4.69, 9.17) is 0 Å². The lowest BCUT2D eigenvalue weighted by Gasteiger charge is -2.10. The average molecular weight is 405 g/mol. The molecular weight excluding hydrogens is 397 g/mol. The molecule has 1 rings (SSSR count). The molecule has 0 N–H and O–H groups in total. The number of hydrogen-bond acceptors (Lipinski definition) is 2. The number of carbonyl (C=O) groups excluding carboxylic acids is 1. The summed E-state index contributed by atoms with van der Waals surface area (Å²) in [6, 6.07) is 4.77. The fourth-order valence-electron chi connectivity index (χ4n) is 1.16. The second-order valence-electron chi connectivity index (χ2n) is 2.98. The van der Waals surface area contributed by atoms with Crippen LogP contribution in [0.3, 0.4) is 0 Å². The summed E-state index contributed by atoms with van der Waals surface area (Å²) < 4.78 is 29.4. The quantitative estimate of drug-likeness (QED) is 0.555. The summed E-state index contributed by atoms with van der Waals surface area (Å²) in [5, 5.41) is 0.201. The summed E-state index contributed by atoms with van der Waals surface area (Å²) in [5.41, 5.74) is 0.483. The molecule has 0 fully saturated rings. The Labute approximate surface area is 114 Å². The number of alkyl halides is 3. The Morgan fingerprint density at radius 3 is 2.75 bits per heavy atom. The molecule has 0 aliphatic carbocycles. The van der Waals surface area contributed by atoms with Gasteiger partial charge in [0.05, 0.1) is 5.33 Å². The van der Waals surface area contributed by atoms with E-state index in [0.717, 1.165) is 3.57 Å². The highest BCUT2D eigenvalue weighted by molar-refractivity contribution is 14.1. The van der Waals surface area contributed by atoms with Crippen LogP contribution in [0.1, 0.15) is 5.56 Å². The standard InChI is InChI=1S/C10H8BrF2IO2/c11-5-8(15)4-6-3-7(14)1-2-9(6)16-10(12)13/h1-3,10H,4-5H2. The first-order chi connectivity index (χ1) is 7.52. The average Bonchev–Trinajstić information content (AvgIpc) is 2.21. The Bertz CT molecular complexity index is 385. The van der Waals surface area contributed by atoms with E-state index in [0.29, 0.717) is 5.56 Å². The minimum Gasteiger partial charge on any atom is -0.435 e. The molecule has 0 heterocycles. The smallest absolute Gasteiger partial charge is 0.387 e. The fraction of sp³-hybridized carbons (Fsp3) is 0.300. The molecule has 0 amide bonds. The monoisotopic (exact) mass is 404 g/mol. The Morgan fingerprint density at radius 2 is 2.19 bits per heavy atom. The van der Waals surface area contributed by atoms with Crippen molar-refractivity contribution in [3.63, 3.8) is 0 Å². The zero-order valence-electron chi connectivity index (χ0n) is 8.05. The second kappa shape index (κ2) is 6.48. The van der Waals surface area contributed by atoms with Crippen molar-refractivity contribution < 1.29 is 18.3 Å². The van der Waals surface area contributed by atoms with Gasteiger partial charge in [-0.2, -0.15) is 8.78 Å². The number of carbonyl (C=O) groups is 1. The topological polar surface area (TPSA) is 26.3 Å². The Hall–Kier alpha value is -0.240. The summed E-state index contributed by atoms with van der Waals surface area (Å²) in [5.74, 6) is -0.0224. The van der Waals surface area contributed by atoms with Gasteiger partial charge < -0.3 is 4.74 Å². The molecular formula is C10H8BrF2IO2. The number of ketones is 1. The number of benzene rings is 1. The van der Waals surface area contributed by atoms with Gasteiger partial charge in [-0.3, -0.25) is 4.79 Å². The summed E-state index contributed by atoms with van der Waals surface area (Å²) >= 11 is 5.07. The van der Waals surface area contributed by atoms with Crippen LogP contribution < -0.4 is 4.74 Å². The van der Waals surface area contributed by atoms with Crippen LogP contribution in [0.2, 0.25) is 0 Å². The van der Waals surface area contributed by atoms with Crippen LogP contribution in [0.25, 0.3) is 0 Å². The van der Waals surface area contributed by atoms with Crippen LogP contribution in [0.4, 0.5) is 8.78 Å². The van der Waals surface area contributed by atoms with Crippen molar-refractivity contribution in [2.24, 2.45) is 0 Å². The van der Waals surface area contributed by atoms with Crippen molar-refractivity contribution in [1.82, 2.24) is 0 Å². The molecule has 0 saturated carbocycles. The van der Waals surface area contributed by atoms with Gasteiger partial charge in [-0.15, -0.1) is 0 Å². The van der Waals surface area contributed by atoms with Gasteiger partial charge in [0.2, 0.25) is 0 Å². The molecule has 16 heavy (non-hydrogen) atoms. The predicted octanol–water partition coefficient (Wildman–Crippen LogP) is 3.40. The molecule has 2 nitrogen and oxygen atoms in total. The molecule has 0 aliphatic rings. The molecule has 0 aromatic heterocycles. The lowest BCUT2D eigenvalue weighted by Crippen LogP contribution is -2.09. The van der Waals surface area contributed by atoms with Gasteiger partial charge in [-0.05, 0) is 40.8 Å². The summed E-state index contributed by atoms with van der Waals surface area (Å²) in [7, 11) is 0. The molecule has 0 unspecified atom stereocenters. The van der Waals surface area contributed by atoms with Gasteiger partial charge in [0.1, 0.15) is 11.5 Å². The van der Waals surface area contributed by atoms with E-state index in [2.05, 4.69) is 20.7 Å². The third-order valence-corrected chi connectivity index (χ3v) is 3.07. The highest BCUT2D eigenvalue weighted by atomic mass is 127. The number of halogens is 4. The van der Waals surface area contributed by atoms with Crippen molar-refractivity contribution in [1.29, 1.82) is 0 Å². The largest absolute Gasteiger partial charge is 0.435 e. The van der Waals surface area contributed by atoms with Crippen molar-refractivity contribution in [2.75, 3.05) is 5.33 Å². The minimum atomic E-state index is -2.88. The maximum atomic E-state index is 12.1. The fourth-order valence-corrected chi connectivity index (χ4v) is 1.91.